The van der Waals surface area contributed by atoms with Gasteiger partial charge in [0, 0.05) is 25.7 Å². The van der Waals surface area contributed by atoms with Crippen LogP contribution in [0.5, 0.6) is 0 Å². The Morgan fingerprint density at radius 2 is 1.93 bits per heavy atom. The van der Waals surface area contributed by atoms with Crippen molar-refractivity contribution in [3.05, 3.63) is 12.2 Å². The lowest BCUT2D eigenvalue weighted by Gasteiger charge is -2.28. The van der Waals surface area contributed by atoms with Crippen molar-refractivity contribution >= 4 is 0 Å². The van der Waals surface area contributed by atoms with E-state index in [1.165, 1.54) is 0 Å². The molecule has 0 radical (unpaired) electrons. The molecule has 0 aromatic carbocycles. The lowest BCUT2D eigenvalue weighted by atomic mass is 10.2. The summed E-state index contributed by atoms with van der Waals surface area (Å²) in [4.78, 5) is 4.66. The highest BCUT2D eigenvalue weighted by atomic mass is 15.2. The van der Waals surface area contributed by atoms with E-state index in [0.717, 1.165) is 19.6 Å². The third-order valence-corrected chi connectivity index (χ3v) is 2.30. The summed E-state index contributed by atoms with van der Waals surface area (Å²) in [6.07, 6.45) is 4.17. The van der Waals surface area contributed by atoms with E-state index >= 15 is 0 Å². The summed E-state index contributed by atoms with van der Waals surface area (Å²) >= 11 is 0. The van der Waals surface area contributed by atoms with E-state index < -0.39 is 0 Å². The molecule has 0 heterocycles. The predicted octanol–water partition coefficient (Wildman–Crippen LogP) is 0.773. The Hall–Kier alpha value is -0.380. The fraction of sp³-hybridized carbons (Fsp3) is 0.818. The number of rotatable bonds is 7. The highest BCUT2D eigenvalue weighted by Crippen LogP contribution is 1.99. The summed E-state index contributed by atoms with van der Waals surface area (Å²) < 4.78 is 0. The van der Waals surface area contributed by atoms with Crippen molar-refractivity contribution in [2.75, 3.05) is 40.3 Å². The first kappa shape index (κ1) is 13.6. The van der Waals surface area contributed by atoms with Crippen molar-refractivity contribution in [1.82, 2.24) is 9.80 Å². The summed E-state index contributed by atoms with van der Waals surface area (Å²) in [6.45, 7) is 8.29. The maximum absolute atomic E-state index is 5.40. The minimum atomic E-state index is 0.595. The second-order valence-corrected chi connectivity index (χ2v) is 3.91. The van der Waals surface area contributed by atoms with Gasteiger partial charge in [-0.15, -0.1) is 0 Å². The smallest absolute Gasteiger partial charge is 0.0197 e. The zero-order valence-electron chi connectivity index (χ0n) is 10.0. The second kappa shape index (κ2) is 7.97. The van der Waals surface area contributed by atoms with E-state index in [9.17, 15) is 0 Å². The Morgan fingerprint density at radius 3 is 2.36 bits per heavy atom. The van der Waals surface area contributed by atoms with E-state index in [4.69, 9.17) is 5.73 Å². The van der Waals surface area contributed by atoms with Crippen LogP contribution in [-0.2, 0) is 0 Å². The van der Waals surface area contributed by atoms with Crippen LogP contribution >= 0.6 is 0 Å². The molecule has 1 atom stereocenters. The lowest BCUT2D eigenvalue weighted by Crippen LogP contribution is -2.40. The molecule has 14 heavy (non-hydrogen) atoms. The number of nitrogens with zero attached hydrogens (tertiary/aromatic N) is 2. The molecule has 0 bridgehead atoms. The van der Waals surface area contributed by atoms with Crippen molar-refractivity contribution < 1.29 is 0 Å². The molecule has 2 N–H and O–H groups in total. The van der Waals surface area contributed by atoms with Gasteiger partial charge in [-0.05, 0) is 27.6 Å². The zero-order valence-corrected chi connectivity index (χ0v) is 10.0. The highest BCUT2D eigenvalue weighted by Gasteiger charge is 2.10. The summed E-state index contributed by atoms with van der Waals surface area (Å²) in [5.41, 5.74) is 5.40. The largest absolute Gasteiger partial charge is 0.327 e. The van der Waals surface area contributed by atoms with Gasteiger partial charge in [0.25, 0.3) is 0 Å². The molecule has 0 fully saturated rings. The first-order valence-corrected chi connectivity index (χ1v) is 5.35. The molecule has 0 aliphatic rings. The topological polar surface area (TPSA) is 32.5 Å². The van der Waals surface area contributed by atoms with Crippen molar-refractivity contribution in [1.29, 1.82) is 0 Å². The van der Waals surface area contributed by atoms with E-state index in [2.05, 4.69) is 43.8 Å². The van der Waals surface area contributed by atoms with Gasteiger partial charge in [-0.2, -0.15) is 0 Å². The molecule has 3 nitrogen and oxygen atoms in total. The standard InChI is InChI=1S/C11H25N3/c1-5-14(9-7-6-8-12)11(2)10-13(3)4/h6-7,11H,5,8-10,12H2,1-4H3/b7-6+. The van der Waals surface area contributed by atoms with Gasteiger partial charge >= 0.3 is 0 Å². The second-order valence-electron chi connectivity index (χ2n) is 3.91. The van der Waals surface area contributed by atoms with Crippen molar-refractivity contribution in [3.63, 3.8) is 0 Å². The molecule has 0 saturated carbocycles. The Balaban J connectivity index is 3.92. The maximum Gasteiger partial charge on any atom is 0.0197 e. The first-order chi connectivity index (χ1) is 6.61. The first-order valence-electron chi connectivity index (χ1n) is 5.35. The predicted molar refractivity (Wildman–Crippen MR) is 63.5 cm³/mol. The molecule has 0 aromatic heterocycles. The minimum absolute atomic E-state index is 0.595. The van der Waals surface area contributed by atoms with E-state index in [1.54, 1.807) is 0 Å². The number of nitrogens with two attached hydrogens (primary N) is 1. The SMILES string of the molecule is CCN(C/C=C/CN)C(C)CN(C)C. The minimum Gasteiger partial charge on any atom is -0.327 e. The van der Waals surface area contributed by atoms with E-state index in [0.29, 0.717) is 12.6 Å². The molecular formula is C11H25N3. The molecule has 84 valence electrons. The third-order valence-electron chi connectivity index (χ3n) is 2.30. The zero-order chi connectivity index (χ0) is 11.0. The fourth-order valence-electron chi connectivity index (χ4n) is 1.57. The Labute approximate surface area is 88.6 Å². The van der Waals surface area contributed by atoms with Crippen molar-refractivity contribution in [2.45, 2.75) is 19.9 Å². The number of likely N-dealkylation sites (N-methyl/N-ethyl adjacent to an activating group) is 2. The number of hydrogen-bond acceptors (Lipinski definition) is 3. The van der Waals surface area contributed by atoms with Crippen molar-refractivity contribution in [2.24, 2.45) is 5.73 Å². The van der Waals surface area contributed by atoms with Crippen LogP contribution in [0.3, 0.4) is 0 Å². The van der Waals surface area contributed by atoms with Crippen LogP contribution in [0.15, 0.2) is 12.2 Å². The highest BCUT2D eigenvalue weighted by molar-refractivity contribution is 4.87. The number of hydrogen-bond donors (Lipinski definition) is 1. The Bertz CT molecular complexity index is 155. The molecular weight excluding hydrogens is 174 g/mol. The molecule has 0 amide bonds. The van der Waals surface area contributed by atoms with Crippen molar-refractivity contribution in [3.8, 4) is 0 Å². The molecule has 0 rings (SSSR count). The van der Waals surface area contributed by atoms with E-state index in [-0.39, 0.29) is 0 Å². The van der Waals surface area contributed by atoms with Gasteiger partial charge < -0.3 is 10.6 Å². The van der Waals surface area contributed by atoms with Gasteiger partial charge in [0.1, 0.15) is 0 Å². The maximum atomic E-state index is 5.40. The molecule has 0 aliphatic carbocycles. The molecule has 0 saturated heterocycles. The Morgan fingerprint density at radius 1 is 1.29 bits per heavy atom. The summed E-state index contributed by atoms with van der Waals surface area (Å²) in [5.74, 6) is 0. The van der Waals surface area contributed by atoms with Gasteiger partial charge in [-0.1, -0.05) is 19.1 Å². The van der Waals surface area contributed by atoms with Crippen LogP contribution in [0.2, 0.25) is 0 Å². The van der Waals surface area contributed by atoms with Gasteiger partial charge in [-0.25, -0.2) is 0 Å². The monoisotopic (exact) mass is 199 g/mol. The molecule has 1 unspecified atom stereocenters. The molecule has 0 aliphatic heterocycles. The molecule has 0 aromatic rings. The summed E-state index contributed by atoms with van der Waals surface area (Å²) in [7, 11) is 4.22. The summed E-state index contributed by atoms with van der Waals surface area (Å²) in [6, 6.07) is 0.595. The van der Waals surface area contributed by atoms with Gasteiger partial charge in [0.2, 0.25) is 0 Å². The van der Waals surface area contributed by atoms with Crippen LogP contribution in [0, 0.1) is 0 Å². The molecule has 3 heteroatoms. The molecule has 0 spiro atoms. The average Bonchev–Trinajstić information content (AvgIpc) is 2.11. The third kappa shape index (κ3) is 6.13. The average molecular weight is 199 g/mol. The van der Waals surface area contributed by atoms with Gasteiger partial charge in [-0.3, -0.25) is 4.90 Å². The van der Waals surface area contributed by atoms with Gasteiger partial charge in [0.05, 0.1) is 0 Å². The van der Waals surface area contributed by atoms with Crippen LogP contribution < -0.4 is 5.73 Å². The van der Waals surface area contributed by atoms with Crippen LogP contribution in [-0.4, -0.2) is 56.1 Å². The van der Waals surface area contributed by atoms with Crippen LogP contribution in [0.25, 0.3) is 0 Å². The lowest BCUT2D eigenvalue weighted by molar-refractivity contribution is 0.198. The van der Waals surface area contributed by atoms with Crippen LogP contribution in [0.1, 0.15) is 13.8 Å². The van der Waals surface area contributed by atoms with Gasteiger partial charge in [0.15, 0.2) is 0 Å². The fourth-order valence-corrected chi connectivity index (χ4v) is 1.57. The van der Waals surface area contributed by atoms with E-state index in [1.807, 2.05) is 6.08 Å². The normalized spacial score (nSPS) is 14.5. The van der Waals surface area contributed by atoms with Crippen LogP contribution in [0.4, 0.5) is 0 Å². The summed E-state index contributed by atoms with van der Waals surface area (Å²) in [5, 5.41) is 0. The Kier molecular flexibility index (Phi) is 7.76. The quantitative estimate of drug-likeness (QED) is 0.615.